The lowest BCUT2D eigenvalue weighted by Gasteiger charge is -2.40. The fourth-order valence-corrected chi connectivity index (χ4v) is 3.91. The molecule has 6 nitrogen and oxygen atoms in total. The summed E-state index contributed by atoms with van der Waals surface area (Å²) in [5.41, 5.74) is 2.16. The highest BCUT2D eigenvalue weighted by Crippen LogP contribution is 2.34. The van der Waals surface area contributed by atoms with Gasteiger partial charge in [0, 0.05) is 49.1 Å². The zero-order chi connectivity index (χ0) is 17.1. The molecule has 3 rings (SSSR count). The van der Waals surface area contributed by atoms with Gasteiger partial charge in [-0.25, -0.2) is 0 Å². The highest BCUT2D eigenvalue weighted by atomic mass is 16.5. The lowest BCUT2D eigenvalue weighted by Crippen LogP contribution is -2.52. The summed E-state index contributed by atoms with van der Waals surface area (Å²) in [6.45, 7) is 3.87. The molecule has 4 atom stereocenters. The summed E-state index contributed by atoms with van der Waals surface area (Å²) in [6, 6.07) is 8.00. The van der Waals surface area contributed by atoms with Crippen LogP contribution in [0.3, 0.4) is 0 Å². The number of hydrogen-bond acceptors (Lipinski definition) is 5. The monoisotopic (exact) mass is 332 g/mol. The number of hydrogen-bond donors (Lipinski definition) is 3. The van der Waals surface area contributed by atoms with Gasteiger partial charge >= 0.3 is 5.97 Å². The molecule has 0 aromatic heterocycles. The largest absolute Gasteiger partial charge is 0.481 e. The van der Waals surface area contributed by atoms with E-state index < -0.39 is 5.97 Å². The SMILES string of the molecule is CC(=O)C1CNCC(C2CNc3ccccc3CO2)C1CC(=O)O. The minimum Gasteiger partial charge on any atom is -0.481 e. The Morgan fingerprint density at radius 1 is 1.25 bits per heavy atom. The van der Waals surface area contributed by atoms with Crippen LogP contribution >= 0.6 is 0 Å². The Labute approximate surface area is 141 Å². The zero-order valence-electron chi connectivity index (χ0n) is 13.8. The Balaban J connectivity index is 1.78. The summed E-state index contributed by atoms with van der Waals surface area (Å²) in [6.07, 6.45) is -0.125. The summed E-state index contributed by atoms with van der Waals surface area (Å²) in [5, 5.41) is 16.0. The van der Waals surface area contributed by atoms with E-state index >= 15 is 0 Å². The molecule has 1 fully saturated rings. The number of carboxylic acids is 1. The first-order valence-electron chi connectivity index (χ1n) is 8.42. The minimum absolute atomic E-state index is 0.00337. The van der Waals surface area contributed by atoms with Crippen molar-refractivity contribution in [3.63, 3.8) is 0 Å². The van der Waals surface area contributed by atoms with Gasteiger partial charge in [-0.05, 0) is 18.9 Å². The Kier molecular flexibility index (Phi) is 5.16. The molecule has 0 saturated carbocycles. The normalized spacial score (nSPS) is 29.9. The van der Waals surface area contributed by atoms with E-state index in [1.165, 1.54) is 0 Å². The van der Waals surface area contributed by atoms with Crippen LogP contribution in [0, 0.1) is 17.8 Å². The molecular weight excluding hydrogens is 308 g/mol. The number of Topliss-reactive ketones (excluding diaryl/α,β-unsaturated/α-hetero) is 1. The van der Waals surface area contributed by atoms with Gasteiger partial charge in [-0.1, -0.05) is 18.2 Å². The molecule has 24 heavy (non-hydrogen) atoms. The maximum atomic E-state index is 12.0. The summed E-state index contributed by atoms with van der Waals surface area (Å²) >= 11 is 0. The number of carbonyl (C=O) groups is 2. The second-order valence-electron chi connectivity index (χ2n) is 6.69. The number of benzene rings is 1. The Morgan fingerprint density at radius 3 is 2.79 bits per heavy atom. The van der Waals surface area contributed by atoms with Gasteiger partial charge in [0.15, 0.2) is 0 Å². The topological polar surface area (TPSA) is 87.7 Å². The van der Waals surface area contributed by atoms with Crippen LogP contribution < -0.4 is 10.6 Å². The number of rotatable bonds is 4. The van der Waals surface area contributed by atoms with Crippen LogP contribution in [0.1, 0.15) is 18.9 Å². The molecule has 0 amide bonds. The molecule has 0 radical (unpaired) electrons. The minimum atomic E-state index is -0.858. The number of anilines is 1. The van der Waals surface area contributed by atoms with E-state index in [4.69, 9.17) is 4.74 Å². The first-order valence-corrected chi connectivity index (χ1v) is 8.42. The van der Waals surface area contributed by atoms with E-state index in [2.05, 4.69) is 10.6 Å². The number of aliphatic carboxylic acids is 1. The number of nitrogens with one attached hydrogen (secondary N) is 2. The van der Waals surface area contributed by atoms with Gasteiger partial charge in [-0.2, -0.15) is 0 Å². The van der Waals surface area contributed by atoms with Crippen molar-refractivity contribution in [2.24, 2.45) is 17.8 Å². The molecule has 130 valence electrons. The van der Waals surface area contributed by atoms with Gasteiger partial charge in [0.05, 0.1) is 12.7 Å². The molecule has 4 unspecified atom stereocenters. The van der Waals surface area contributed by atoms with Crippen molar-refractivity contribution in [1.29, 1.82) is 0 Å². The molecule has 2 aliphatic rings. The van der Waals surface area contributed by atoms with Crippen molar-refractivity contribution < 1.29 is 19.4 Å². The van der Waals surface area contributed by atoms with E-state index in [1.807, 2.05) is 24.3 Å². The molecule has 0 aliphatic carbocycles. The number of piperidine rings is 1. The number of ketones is 1. The van der Waals surface area contributed by atoms with E-state index in [0.29, 0.717) is 26.2 Å². The molecule has 0 bridgehead atoms. The van der Waals surface area contributed by atoms with Crippen LogP contribution in [0.25, 0.3) is 0 Å². The number of ether oxygens (including phenoxy) is 1. The summed E-state index contributed by atoms with van der Waals surface area (Å²) in [5.74, 6) is -1.29. The quantitative estimate of drug-likeness (QED) is 0.775. The fourth-order valence-electron chi connectivity index (χ4n) is 3.91. The summed E-state index contributed by atoms with van der Waals surface area (Å²) < 4.78 is 6.10. The molecule has 0 spiro atoms. The van der Waals surface area contributed by atoms with Gasteiger partial charge in [0.1, 0.15) is 5.78 Å². The molecule has 1 aromatic carbocycles. The van der Waals surface area contributed by atoms with Gasteiger partial charge in [-0.3, -0.25) is 9.59 Å². The molecule has 1 saturated heterocycles. The second-order valence-corrected chi connectivity index (χ2v) is 6.69. The molecule has 1 aromatic rings. The van der Waals surface area contributed by atoms with Crippen LogP contribution in [0.15, 0.2) is 24.3 Å². The molecule has 3 N–H and O–H groups in total. The van der Waals surface area contributed by atoms with E-state index in [9.17, 15) is 14.7 Å². The van der Waals surface area contributed by atoms with Crippen LogP contribution in [-0.4, -0.2) is 42.6 Å². The second kappa shape index (κ2) is 7.32. The predicted molar refractivity (Wildman–Crippen MR) is 89.8 cm³/mol. The smallest absolute Gasteiger partial charge is 0.303 e. The fraction of sp³-hybridized carbons (Fsp3) is 0.556. The van der Waals surface area contributed by atoms with Gasteiger partial charge in [0.25, 0.3) is 0 Å². The maximum absolute atomic E-state index is 12.0. The van der Waals surface area contributed by atoms with Crippen molar-refractivity contribution in [1.82, 2.24) is 5.32 Å². The van der Waals surface area contributed by atoms with Crippen LogP contribution in [-0.2, 0) is 20.9 Å². The number of carbonyl (C=O) groups excluding carboxylic acids is 1. The first kappa shape index (κ1) is 16.9. The standard InChI is InChI=1S/C18H24N2O4/c1-11(21)14-7-19-8-15(13(14)6-18(22)23)17-9-20-16-5-3-2-4-12(16)10-24-17/h2-5,13-15,17,19-20H,6-10H2,1H3,(H,22,23). The van der Waals surface area contributed by atoms with Gasteiger partial charge < -0.3 is 20.5 Å². The van der Waals surface area contributed by atoms with Crippen molar-refractivity contribution in [3.8, 4) is 0 Å². The number of fused-ring (bicyclic) bond motifs is 1. The van der Waals surface area contributed by atoms with Crippen LogP contribution in [0.2, 0.25) is 0 Å². The molecule has 2 heterocycles. The lowest BCUT2D eigenvalue weighted by atomic mass is 9.72. The maximum Gasteiger partial charge on any atom is 0.303 e. The van der Waals surface area contributed by atoms with Crippen molar-refractivity contribution in [2.75, 3.05) is 25.0 Å². The number of carboxylic acid groups (broad SMARTS) is 1. The number of para-hydroxylation sites is 1. The Morgan fingerprint density at radius 2 is 2.04 bits per heavy atom. The summed E-state index contributed by atoms with van der Waals surface area (Å²) in [7, 11) is 0. The van der Waals surface area contributed by atoms with Crippen LogP contribution in [0.4, 0.5) is 5.69 Å². The molecule has 6 heteroatoms. The highest BCUT2D eigenvalue weighted by molar-refractivity contribution is 5.80. The average Bonchev–Trinajstić information content (AvgIpc) is 2.77. The third-order valence-electron chi connectivity index (χ3n) is 5.19. The molecule has 2 aliphatic heterocycles. The average molecular weight is 332 g/mol. The van der Waals surface area contributed by atoms with Gasteiger partial charge in [0.2, 0.25) is 0 Å². The molecular formula is C18H24N2O4. The highest BCUT2D eigenvalue weighted by Gasteiger charge is 2.41. The Bertz CT molecular complexity index is 592. The predicted octanol–water partition coefficient (Wildman–Crippen LogP) is 1.51. The van der Waals surface area contributed by atoms with Crippen molar-refractivity contribution in [2.45, 2.75) is 26.1 Å². The first-order chi connectivity index (χ1) is 11.6. The third-order valence-corrected chi connectivity index (χ3v) is 5.19. The van der Waals surface area contributed by atoms with Crippen molar-refractivity contribution in [3.05, 3.63) is 29.8 Å². The van der Waals surface area contributed by atoms with E-state index in [1.54, 1.807) is 6.92 Å². The van der Waals surface area contributed by atoms with Crippen LogP contribution in [0.5, 0.6) is 0 Å². The Hall–Kier alpha value is -1.92. The third kappa shape index (κ3) is 3.60. The van der Waals surface area contributed by atoms with E-state index in [-0.39, 0.29) is 36.1 Å². The zero-order valence-corrected chi connectivity index (χ0v) is 13.8. The van der Waals surface area contributed by atoms with Gasteiger partial charge in [-0.15, -0.1) is 0 Å². The van der Waals surface area contributed by atoms with E-state index in [0.717, 1.165) is 11.3 Å². The summed E-state index contributed by atoms with van der Waals surface area (Å²) in [4.78, 5) is 23.3. The lowest BCUT2D eigenvalue weighted by molar-refractivity contribution is -0.141. The van der Waals surface area contributed by atoms with Crippen molar-refractivity contribution >= 4 is 17.4 Å².